The van der Waals surface area contributed by atoms with Crippen molar-refractivity contribution < 1.29 is 19.4 Å². The van der Waals surface area contributed by atoms with Crippen molar-refractivity contribution in [2.45, 2.75) is 31.7 Å². The van der Waals surface area contributed by atoms with Gasteiger partial charge < -0.3 is 15.2 Å². The number of anilines is 1. The van der Waals surface area contributed by atoms with Crippen LogP contribution in [0.2, 0.25) is 0 Å². The van der Waals surface area contributed by atoms with Crippen molar-refractivity contribution in [1.82, 2.24) is 0 Å². The van der Waals surface area contributed by atoms with Crippen molar-refractivity contribution in [2.24, 2.45) is 5.92 Å². The van der Waals surface area contributed by atoms with E-state index in [2.05, 4.69) is 10.1 Å². The number of rotatable bonds is 5. The number of aromatic hydroxyl groups is 1. The van der Waals surface area contributed by atoms with E-state index in [1.165, 1.54) is 7.11 Å². The van der Waals surface area contributed by atoms with Crippen molar-refractivity contribution in [2.75, 3.05) is 12.4 Å². The smallest absolute Gasteiger partial charge is 0.305 e. The van der Waals surface area contributed by atoms with E-state index >= 15 is 0 Å². The molecule has 108 valence electrons. The zero-order valence-corrected chi connectivity index (χ0v) is 11.5. The van der Waals surface area contributed by atoms with Crippen molar-refractivity contribution >= 4 is 17.9 Å². The Hall–Kier alpha value is -2.04. The highest BCUT2D eigenvalue weighted by molar-refractivity contribution is 5.83. The minimum absolute atomic E-state index is 0.0149. The van der Waals surface area contributed by atoms with Crippen molar-refractivity contribution in [3.63, 3.8) is 0 Å². The van der Waals surface area contributed by atoms with Crippen molar-refractivity contribution in [3.05, 3.63) is 23.8 Å². The lowest BCUT2D eigenvalue weighted by atomic mass is 10.0. The highest BCUT2D eigenvalue weighted by Crippen LogP contribution is 2.33. The van der Waals surface area contributed by atoms with Crippen LogP contribution in [0.1, 0.15) is 36.0 Å². The standard InChI is InChI=1S/C15H19NO4/c1-20-14(18)8-10-5-6-12(7-10)16-13-4-2-3-11(9-17)15(13)19/h2-4,9-10,12,16,19H,5-8H2,1H3. The Morgan fingerprint density at radius 3 is 3.00 bits per heavy atom. The quantitative estimate of drug-likeness (QED) is 0.491. The van der Waals surface area contributed by atoms with Gasteiger partial charge in [0.15, 0.2) is 6.29 Å². The number of esters is 1. The number of para-hydroxylation sites is 1. The van der Waals surface area contributed by atoms with Crippen LogP contribution in [-0.4, -0.2) is 30.5 Å². The average Bonchev–Trinajstić information content (AvgIpc) is 2.88. The number of methoxy groups -OCH3 is 1. The fourth-order valence-corrected chi connectivity index (χ4v) is 2.70. The van der Waals surface area contributed by atoms with Crippen molar-refractivity contribution in [1.29, 1.82) is 0 Å². The van der Waals surface area contributed by atoms with Crippen LogP contribution in [-0.2, 0) is 9.53 Å². The first-order chi connectivity index (χ1) is 9.63. The van der Waals surface area contributed by atoms with E-state index in [9.17, 15) is 14.7 Å². The summed E-state index contributed by atoms with van der Waals surface area (Å²) in [4.78, 5) is 22.0. The van der Waals surface area contributed by atoms with Gasteiger partial charge in [-0.3, -0.25) is 9.59 Å². The predicted molar refractivity (Wildman–Crippen MR) is 74.9 cm³/mol. The van der Waals surface area contributed by atoms with Gasteiger partial charge in [0, 0.05) is 12.5 Å². The largest absolute Gasteiger partial charge is 0.505 e. The van der Waals surface area contributed by atoms with Gasteiger partial charge in [-0.15, -0.1) is 0 Å². The number of benzene rings is 1. The topological polar surface area (TPSA) is 75.6 Å². The summed E-state index contributed by atoms with van der Waals surface area (Å²) in [6.45, 7) is 0. The summed E-state index contributed by atoms with van der Waals surface area (Å²) in [5.74, 6) is 0.122. The molecule has 2 N–H and O–H groups in total. The average molecular weight is 277 g/mol. The lowest BCUT2D eigenvalue weighted by molar-refractivity contribution is -0.141. The number of carbonyl (C=O) groups is 2. The van der Waals surface area contributed by atoms with Gasteiger partial charge in [0.25, 0.3) is 0 Å². The fraction of sp³-hybridized carbons (Fsp3) is 0.467. The molecule has 2 unspecified atom stereocenters. The molecule has 20 heavy (non-hydrogen) atoms. The SMILES string of the molecule is COC(=O)CC1CCC(Nc2cccc(C=O)c2O)C1. The molecule has 1 fully saturated rings. The maximum Gasteiger partial charge on any atom is 0.305 e. The van der Waals surface area contributed by atoms with E-state index < -0.39 is 0 Å². The molecule has 5 heteroatoms. The number of phenolic OH excluding ortho intramolecular Hbond substituents is 1. The zero-order valence-electron chi connectivity index (χ0n) is 11.5. The molecule has 1 aromatic carbocycles. The van der Waals surface area contributed by atoms with Gasteiger partial charge in [-0.1, -0.05) is 6.07 Å². The van der Waals surface area contributed by atoms with Crippen LogP contribution in [0.4, 0.5) is 5.69 Å². The van der Waals surface area contributed by atoms with E-state index in [1.807, 2.05) is 0 Å². The third kappa shape index (κ3) is 3.29. The molecule has 2 atom stereocenters. The summed E-state index contributed by atoms with van der Waals surface area (Å²) in [5, 5.41) is 13.2. The summed E-state index contributed by atoms with van der Waals surface area (Å²) in [5.41, 5.74) is 0.845. The lowest BCUT2D eigenvalue weighted by Gasteiger charge is -2.16. The third-order valence-electron chi connectivity index (χ3n) is 3.78. The van der Waals surface area contributed by atoms with Crippen LogP contribution in [0.3, 0.4) is 0 Å². The summed E-state index contributed by atoms with van der Waals surface area (Å²) in [6, 6.07) is 5.25. The summed E-state index contributed by atoms with van der Waals surface area (Å²) in [7, 11) is 1.40. The van der Waals surface area contributed by atoms with E-state index in [0.29, 0.717) is 24.3 Å². The Labute approximate surface area is 117 Å². The third-order valence-corrected chi connectivity index (χ3v) is 3.78. The Balaban J connectivity index is 1.95. The molecule has 1 aliphatic rings. The van der Waals surface area contributed by atoms with Gasteiger partial charge in [-0.25, -0.2) is 0 Å². The Kier molecular flexibility index (Phi) is 4.61. The van der Waals surface area contributed by atoms with E-state index in [4.69, 9.17) is 0 Å². The molecule has 0 amide bonds. The molecule has 0 aliphatic heterocycles. The summed E-state index contributed by atoms with van der Waals surface area (Å²) in [6.07, 6.45) is 3.83. The van der Waals surface area contributed by atoms with Crippen LogP contribution in [0.25, 0.3) is 0 Å². The van der Waals surface area contributed by atoms with E-state index in [0.717, 1.165) is 19.3 Å². The maximum absolute atomic E-state index is 11.2. The van der Waals surface area contributed by atoms with Crippen LogP contribution < -0.4 is 5.32 Å². The molecule has 1 saturated carbocycles. The van der Waals surface area contributed by atoms with Crippen LogP contribution in [0.5, 0.6) is 5.75 Å². The second-order valence-electron chi connectivity index (χ2n) is 5.16. The van der Waals surface area contributed by atoms with Crippen LogP contribution in [0, 0.1) is 5.92 Å². The highest BCUT2D eigenvalue weighted by Gasteiger charge is 2.27. The highest BCUT2D eigenvalue weighted by atomic mass is 16.5. The Bertz CT molecular complexity index is 501. The van der Waals surface area contributed by atoms with Crippen LogP contribution in [0.15, 0.2) is 18.2 Å². The molecule has 5 nitrogen and oxygen atoms in total. The number of hydrogen-bond acceptors (Lipinski definition) is 5. The molecule has 1 aliphatic carbocycles. The first-order valence-corrected chi connectivity index (χ1v) is 6.74. The molecule has 1 aromatic rings. The molecule has 0 spiro atoms. The van der Waals surface area contributed by atoms with Crippen molar-refractivity contribution in [3.8, 4) is 5.75 Å². The first kappa shape index (κ1) is 14.4. The van der Waals surface area contributed by atoms with Gasteiger partial charge in [0.1, 0.15) is 5.75 Å². The number of aldehydes is 1. The second-order valence-corrected chi connectivity index (χ2v) is 5.16. The minimum atomic E-state index is -0.179. The van der Waals surface area contributed by atoms with Gasteiger partial charge >= 0.3 is 5.97 Å². The van der Waals surface area contributed by atoms with Crippen LogP contribution >= 0.6 is 0 Å². The van der Waals surface area contributed by atoms with Gasteiger partial charge in [0.2, 0.25) is 0 Å². The second kappa shape index (κ2) is 6.41. The molecule has 2 rings (SSSR count). The predicted octanol–water partition coefficient (Wildman–Crippen LogP) is 2.35. The Morgan fingerprint density at radius 1 is 1.50 bits per heavy atom. The van der Waals surface area contributed by atoms with Gasteiger partial charge in [-0.2, -0.15) is 0 Å². The maximum atomic E-state index is 11.2. The monoisotopic (exact) mass is 277 g/mol. The first-order valence-electron chi connectivity index (χ1n) is 6.74. The lowest BCUT2D eigenvalue weighted by Crippen LogP contribution is -2.16. The fourth-order valence-electron chi connectivity index (χ4n) is 2.70. The van der Waals surface area contributed by atoms with Gasteiger partial charge in [0.05, 0.1) is 18.4 Å². The van der Waals surface area contributed by atoms with Gasteiger partial charge in [-0.05, 0) is 37.3 Å². The molecular weight excluding hydrogens is 258 g/mol. The molecule has 0 saturated heterocycles. The number of ether oxygens (including phenoxy) is 1. The minimum Gasteiger partial charge on any atom is -0.505 e. The van der Waals surface area contributed by atoms with E-state index in [1.54, 1.807) is 18.2 Å². The molecule has 0 heterocycles. The number of nitrogens with one attached hydrogen (secondary N) is 1. The zero-order chi connectivity index (χ0) is 14.5. The summed E-state index contributed by atoms with van der Waals surface area (Å²) >= 11 is 0. The molecule has 0 radical (unpaired) electrons. The molecule has 0 aromatic heterocycles. The molecular formula is C15H19NO4. The number of hydrogen-bond donors (Lipinski definition) is 2. The summed E-state index contributed by atoms with van der Waals surface area (Å²) < 4.78 is 4.68. The molecule has 0 bridgehead atoms. The van der Waals surface area contributed by atoms with E-state index in [-0.39, 0.29) is 23.3 Å². The normalized spacial score (nSPS) is 21.4. The number of phenols is 1. The number of carbonyl (C=O) groups excluding carboxylic acids is 2. The Morgan fingerprint density at radius 2 is 2.30 bits per heavy atom.